The molecule has 0 fully saturated rings. The molecule has 5 heteroatoms. The number of rotatable bonds is 3. The van der Waals surface area contributed by atoms with Crippen molar-refractivity contribution in [1.82, 2.24) is 4.98 Å². The number of halogens is 2. The van der Waals surface area contributed by atoms with Crippen LogP contribution in [-0.4, -0.2) is 10.9 Å². The quantitative estimate of drug-likeness (QED) is 0.855. The van der Waals surface area contributed by atoms with Crippen LogP contribution in [0.25, 0.3) is 0 Å². The van der Waals surface area contributed by atoms with Gasteiger partial charge in [-0.1, -0.05) is 32.9 Å². The van der Waals surface area contributed by atoms with Gasteiger partial charge in [0.1, 0.15) is 5.69 Å². The SMILES string of the molecule is C[C@@H]1CC(C)(C)c2cccc(NC(=O)c3cccnc3C(F)F)c21. The molecule has 1 atom stereocenters. The lowest BCUT2D eigenvalue weighted by atomic mass is 9.86. The highest BCUT2D eigenvalue weighted by Gasteiger charge is 2.36. The molecule has 126 valence electrons. The summed E-state index contributed by atoms with van der Waals surface area (Å²) >= 11 is 0. The van der Waals surface area contributed by atoms with Gasteiger partial charge in [0.15, 0.2) is 0 Å². The van der Waals surface area contributed by atoms with Crippen molar-refractivity contribution in [3.8, 4) is 0 Å². The van der Waals surface area contributed by atoms with E-state index in [2.05, 4.69) is 37.1 Å². The van der Waals surface area contributed by atoms with Crippen molar-refractivity contribution in [1.29, 1.82) is 0 Å². The number of anilines is 1. The van der Waals surface area contributed by atoms with Gasteiger partial charge in [-0.15, -0.1) is 0 Å². The number of carbonyl (C=O) groups is 1. The summed E-state index contributed by atoms with van der Waals surface area (Å²) in [4.78, 5) is 16.2. The lowest BCUT2D eigenvalue weighted by Gasteiger charge is -2.19. The predicted molar refractivity (Wildman–Crippen MR) is 89.6 cm³/mol. The Balaban J connectivity index is 1.97. The third-order valence-corrected chi connectivity index (χ3v) is 4.68. The molecule has 24 heavy (non-hydrogen) atoms. The van der Waals surface area contributed by atoms with Crippen LogP contribution in [-0.2, 0) is 5.41 Å². The minimum absolute atomic E-state index is 0.0396. The minimum Gasteiger partial charge on any atom is -0.322 e. The van der Waals surface area contributed by atoms with Gasteiger partial charge in [-0.05, 0) is 47.1 Å². The van der Waals surface area contributed by atoms with E-state index in [1.165, 1.54) is 23.9 Å². The van der Waals surface area contributed by atoms with Crippen molar-refractivity contribution in [2.45, 2.75) is 45.0 Å². The van der Waals surface area contributed by atoms with Gasteiger partial charge >= 0.3 is 0 Å². The molecule has 1 aliphatic rings. The molecule has 0 bridgehead atoms. The zero-order valence-electron chi connectivity index (χ0n) is 13.9. The summed E-state index contributed by atoms with van der Waals surface area (Å²) in [5.74, 6) is -0.251. The number of pyridine rings is 1. The van der Waals surface area contributed by atoms with E-state index in [-0.39, 0.29) is 11.0 Å². The maximum Gasteiger partial charge on any atom is 0.281 e. The van der Waals surface area contributed by atoms with Crippen LogP contribution in [0.5, 0.6) is 0 Å². The molecule has 0 spiro atoms. The highest BCUT2D eigenvalue weighted by atomic mass is 19.3. The summed E-state index contributed by atoms with van der Waals surface area (Å²) in [6.45, 7) is 6.48. The number of amides is 1. The number of nitrogens with one attached hydrogen (secondary N) is 1. The second-order valence-electron chi connectivity index (χ2n) is 6.95. The van der Waals surface area contributed by atoms with E-state index >= 15 is 0 Å². The number of alkyl halides is 2. The summed E-state index contributed by atoms with van der Waals surface area (Å²) in [6, 6.07) is 8.66. The molecule has 1 aromatic carbocycles. The average molecular weight is 330 g/mol. The Labute approximate surface area is 140 Å². The van der Waals surface area contributed by atoms with Gasteiger partial charge in [0.2, 0.25) is 0 Å². The Kier molecular flexibility index (Phi) is 4.11. The maximum absolute atomic E-state index is 13.1. The summed E-state index contributed by atoms with van der Waals surface area (Å²) in [5, 5.41) is 2.81. The Morgan fingerprint density at radius 2 is 2.04 bits per heavy atom. The summed E-state index contributed by atoms with van der Waals surface area (Å²) in [5.41, 5.74) is 2.45. The standard InChI is InChI=1S/C19H20F2N2O/c1-11-10-19(2,3)13-7-4-8-14(15(11)13)23-18(24)12-6-5-9-22-16(12)17(20)21/h4-9,11,17H,10H2,1-3H3,(H,23,24)/t11-/m1/s1. The van der Waals surface area contributed by atoms with Crippen LogP contribution in [0.1, 0.15) is 66.7 Å². The molecule has 1 heterocycles. The van der Waals surface area contributed by atoms with Gasteiger partial charge in [0.05, 0.1) is 5.56 Å². The largest absolute Gasteiger partial charge is 0.322 e. The van der Waals surface area contributed by atoms with E-state index in [1.54, 1.807) is 0 Å². The Morgan fingerprint density at radius 3 is 2.75 bits per heavy atom. The third-order valence-electron chi connectivity index (χ3n) is 4.68. The first-order valence-corrected chi connectivity index (χ1v) is 7.99. The lowest BCUT2D eigenvalue weighted by molar-refractivity contribution is 0.100. The van der Waals surface area contributed by atoms with Crippen LogP contribution in [0.3, 0.4) is 0 Å². The molecule has 1 aromatic heterocycles. The second kappa shape index (κ2) is 5.96. The Morgan fingerprint density at radius 1 is 1.29 bits per heavy atom. The van der Waals surface area contributed by atoms with Gasteiger partial charge < -0.3 is 5.32 Å². The number of benzene rings is 1. The van der Waals surface area contributed by atoms with Crippen molar-refractivity contribution >= 4 is 11.6 Å². The third kappa shape index (κ3) is 2.79. The highest BCUT2D eigenvalue weighted by Crippen LogP contribution is 2.48. The van der Waals surface area contributed by atoms with E-state index in [9.17, 15) is 13.6 Å². The van der Waals surface area contributed by atoms with Crippen molar-refractivity contribution in [3.05, 3.63) is 58.9 Å². The fourth-order valence-electron chi connectivity index (χ4n) is 3.75. The molecule has 1 amide bonds. The Bertz CT molecular complexity index is 787. The van der Waals surface area contributed by atoms with Crippen molar-refractivity contribution in [2.75, 3.05) is 5.32 Å². The van der Waals surface area contributed by atoms with E-state index in [1.807, 2.05) is 12.1 Å². The van der Waals surface area contributed by atoms with Crippen molar-refractivity contribution < 1.29 is 13.6 Å². The number of hydrogen-bond donors (Lipinski definition) is 1. The smallest absolute Gasteiger partial charge is 0.281 e. The topological polar surface area (TPSA) is 42.0 Å². The average Bonchev–Trinajstić information content (AvgIpc) is 2.77. The van der Waals surface area contributed by atoms with E-state index in [4.69, 9.17) is 0 Å². The molecular formula is C19H20F2N2O. The first-order chi connectivity index (χ1) is 11.3. The first kappa shape index (κ1) is 16.6. The van der Waals surface area contributed by atoms with Gasteiger partial charge in [-0.3, -0.25) is 9.78 Å². The molecule has 3 nitrogen and oxygen atoms in total. The van der Waals surface area contributed by atoms with E-state index < -0.39 is 18.0 Å². The number of carbonyl (C=O) groups excluding carboxylic acids is 1. The van der Waals surface area contributed by atoms with E-state index in [0.717, 1.165) is 12.0 Å². The van der Waals surface area contributed by atoms with Gasteiger partial charge in [-0.25, -0.2) is 8.78 Å². The summed E-state index contributed by atoms with van der Waals surface area (Å²) in [7, 11) is 0. The van der Waals surface area contributed by atoms with Crippen molar-refractivity contribution in [2.24, 2.45) is 0 Å². The zero-order valence-corrected chi connectivity index (χ0v) is 13.9. The molecule has 0 radical (unpaired) electrons. The normalized spacial score (nSPS) is 18.5. The van der Waals surface area contributed by atoms with Gasteiger partial charge in [-0.2, -0.15) is 0 Å². The molecule has 3 rings (SSSR count). The fraction of sp³-hybridized carbons (Fsp3) is 0.368. The maximum atomic E-state index is 13.1. The molecule has 0 saturated carbocycles. The number of fused-ring (bicyclic) bond motifs is 1. The molecule has 1 aliphatic carbocycles. The van der Waals surface area contributed by atoms with E-state index in [0.29, 0.717) is 11.6 Å². The molecule has 1 N–H and O–H groups in total. The molecule has 0 aliphatic heterocycles. The number of hydrogen-bond acceptors (Lipinski definition) is 2. The van der Waals surface area contributed by atoms with Crippen LogP contribution >= 0.6 is 0 Å². The monoisotopic (exact) mass is 330 g/mol. The van der Waals surface area contributed by atoms with Crippen LogP contribution in [0.2, 0.25) is 0 Å². The Hall–Kier alpha value is -2.30. The van der Waals surface area contributed by atoms with Gasteiger partial charge in [0.25, 0.3) is 12.3 Å². The predicted octanol–water partition coefficient (Wildman–Crippen LogP) is 5.06. The van der Waals surface area contributed by atoms with Crippen LogP contribution in [0.4, 0.5) is 14.5 Å². The summed E-state index contributed by atoms with van der Waals surface area (Å²) < 4.78 is 26.1. The number of aromatic nitrogens is 1. The molecule has 2 aromatic rings. The fourth-order valence-corrected chi connectivity index (χ4v) is 3.75. The molecule has 0 saturated heterocycles. The molecule has 0 unspecified atom stereocenters. The highest BCUT2D eigenvalue weighted by molar-refractivity contribution is 6.05. The van der Waals surface area contributed by atoms with Crippen molar-refractivity contribution in [3.63, 3.8) is 0 Å². The van der Waals surface area contributed by atoms with Crippen LogP contribution in [0.15, 0.2) is 36.5 Å². The zero-order chi connectivity index (χ0) is 17.5. The lowest BCUT2D eigenvalue weighted by Crippen LogP contribution is -2.17. The van der Waals surface area contributed by atoms with Crippen LogP contribution in [0, 0.1) is 0 Å². The molecular weight excluding hydrogens is 310 g/mol. The van der Waals surface area contributed by atoms with Crippen LogP contribution < -0.4 is 5.32 Å². The summed E-state index contributed by atoms with van der Waals surface area (Å²) in [6.07, 6.45) is -0.528. The first-order valence-electron chi connectivity index (χ1n) is 7.99. The number of nitrogens with zero attached hydrogens (tertiary/aromatic N) is 1. The van der Waals surface area contributed by atoms with Gasteiger partial charge in [0, 0.05) is 11.9 Å². The minimum atomic E-state index is -2.79. The second-order valence-corrected chi connectivity index (χ2v) is 6.95.